The molecule has 8 heteroatoms. The first-order valence-corrected chi connectivity index (χ1v) is 14.8. The Labute approximate surface area is 251 Å². The number of rotatable bonds is 17. The van der Waals surface area contributed by atoms with Gasteiger partial charge in [0.15, 0.2) is 0 Å². The van der Waals surface area contributed by atoms with Crippen LogP contribution in [0.25, 0.3) is 0 Å². The van der Waals surface area contributed by atoms with Crippen LogP contribution in [-0.2, 0) is 54.2 Å². The average molecular weight is 587 g/mol. The third kappa shape index (κ3) is 15.2. The van der Waals surface area contributed by atoms with E-state index in [-0.39, 0.29) is 73.5 Å². The van der Waals surface area contributed by atoms with Crippen molar-refractivity contribution >= 4 is 11.9 Å². The second-order valence-electron chi connectivity index (χ2n) is 13.1. The van der Waals surface area contributed by atoms with E-state index in [1.54, 1.807) is 12.1 Å². The van der Waals surface area contributed by atoms with E-state index in [1.807, 2.05) is 24.3 Å². The summed E-state index contributed by atoms with van der Waals surface area (Å²) >= 11 is 0. The molecule has 0 unspecified atom stereocenters. The molecule has 234 valence electrons. The molecule has 0 aliphatic carbocycles. The van der Waals surface area contributed by atoms with Gasteiger partial charge in [-0.2, -0.15) is 0 Å². The highest BCUT2D eigenvalue weighted by atomic mass is 16.6. The molecule has 0 bridgehead atoms. The number of esters is 2. The number of benzene rings is 2. The summed E-state index contributed by atoms with van der Waals surface area (Å²) in [6, 6.07) is 11.0. The van der Waals surface area contributed by atoms with Crippen LogP contribution in [0.5, 0.6) is 11.5 Å². The fourth-order valence-corrected chi connectivity index (χ4v) is 4.40. The molecule has 0 spiro atoms. The van der Waals surface area contributed by atoms with Crippen molar-refractivity contribution in [2.75, 3.05) is 39.6 Å². The number of hydrogen-bond donors (Lipinski definition) is 2. The highest BCUT2D eigenvalue weighted by molar-refractivity contribution is 5.70. The zero-order valence-electron chi connectivity index (χ0n) is 26.3. The first-order valence-electron chi connectivity index (χ1n) is 14.8. The van der Waals surface area contributed by atoms with Gasteiger partial charge in [-0.25, -0.2) is 0 Å². The predicted molar refractivity (Wildman–Crippen MR) is 163 cm³/mol. The number of carbonyl (C=O) groups excluding carboxylic acids is 2. The second-order valence-corrected chi connectivity index (χ2v) is 13.1. The van der Waals surface area contributed by atoms with E-state index in [0.29, 0.717) is 26.1 Å². The van der Waals surface area contributed by atoms with Crippen molar-refractivity contribution in [3.8, 4) is 11.5 Å². The van der Waals surface area contributed by atoms with Crippen molar-refractivity contribution < 1.29 is 38.7 Å². The number of aryl methyl sites for hydroxylation is 2. The van der Waals surface area contributed by atoms with Crippen molar-refractivity contribution in [3.63, 3.8) is 0 Å². The Balaban J connectivity index is 1.49. The van der Waals surface area contributed by atoms with Crippen LogP contribution in [0, 0.1) is 10.8 Å². The summed E-state index contributed by atoms with van der Waals surface area (Å²) in [5, 5.41) is 20.2. The number of carbonyl (C=O) groups is 2. The molecular weight excluding hydrogens is 536 g/mol. The number of phenols is 2. The highest BCUT2D eigenvalue weighted by Crippen LogP contribution is 2.29. The zero-order valence-corrected chi connectivity index (χ0v) is 26.3. The molecule has 0 aliphatic heterocycles. The van der Waals surface area contributed by atoms with E-state index >= 15 is 0 Å². The molecule has 2 rings (SSSR count). The Morgan fingerprint density at radius 3 is 1.31 bits per heavy atom. The molecule has 0 atom stereocenters. The molecule has 0 saturated carbocycles. The fourth-order valence-electron chi connectivity index (χ4n) is 4.40. The molecule has 0 radical (unpaired) electrons. The molecule has 8 nitrogen and oxygen atoms in total. The van der Waals surface area contributed by atoms with Gasteiger partial charge in [0.05, 0.1) is 26.4 Å². The normalized spacial score (nSPS) is 11.9. The molecule has 42 heavy (non-hydrogen) atoms. The van der Waals surface area contributed by atoms with E-state index < -0.39 is 0 Å². The van der Waals surface area contributed by atoms with Crippen LogP contribution in [0.2, 0.25) is 0 Å². The summed E-state index contributed by atoms with van der Waals surface area (Å²) < 4.78 is 21.3. The molecule has 0 aromatic heterocycles. The Hall–Kier alpha value is -3.10. The number of aromatic hydroxyl groups is 2. The number of phenolic OH excluding ortho intramolecular Hbond substituents is 2. The molecule has 0 fully saturated rings. The highest BCUT2D eigenvalue weighted by Gasteiger charge is 2.16. The van der Waals surface area contributed by atoms with Gasteiger partial charge in [-0.3, -0.25) is 9.59 Å². The van der Waals surface area contributed by atoms with Crippen LogP contribution in [-0.4, -0.2) is 61.8 Å². The van der Waals surface area contributed by atoms with Gasteiger partial charge >= 0.3 is 11.9 Å². The minimum Gasteiger partial charge on any atom is -0.508 e. The molecule has 0 saturated heterocycles. The summed E-state index contributed by atoms with van der Waals surface area (Å²) in [4.78, 5) is 24.1. The van der Waals surface area contributed by atoms with Crippen LogP contribution in [0.3, 0.4) is 0 Å². The molecule has 0 aliphatic rings. The monoisotopic (exact) mass is 586 g/mol. The predicted octanol–water partition coefficient (Wildman–Crippen LogP) is 5.96. The van der Waals surface area contributed by atoms with Crippen LogP contribution in [0.4, 0.5) is 0 Å². The SMILES string of the molecule is CC(C)(C)Cc1cc(CCC(=O)OCCOCCOCCOC(=O)CCc2ccc(O)c(CC(C)(C)C)c2)ccc1O. The number of hydrogen-bond acceptors (Lipinski definition) is 8. The van der Waals surface area contributed by atoms with Crippen LogP contribution in [0.15, 0.2) is 36.4 Å². The third-order valence-corrected chi connectivity index (χ3v) is 6.32. The molecule has 2 aromatic carbocycles. The van der Waals surface area contributed by atoms with Gasteiger partial charge < -0.3 is 29.2 Å². The van der Waals surface area contributed by atoms with Gasteiger partial charge in [0.2, 0.25) is 0 Å². The first-order chi connectivity index (χ1) is 19.7. The van der Waals surface area contributed by atoms with Crippen LogP contribution < -0.4 is 0 Å². The molecular formula is C34H50O8. The van der Waals surface area contributed by atoms with E-state index in [0.717, 1.165) is 35.1 Å². The van der Waals surface area contributed by atoms with Crippen molar-refractivity contribution in [2.24, 2.45) is 10.8 Å². The Morgan fingerprint density at radius 1 is 0.595 bits per heavy atom. The van der Waals surface area contributed by atoms with E-state index in [9.17, 15) is 19.8 Å². The lowest BCUT2D eigenvalue weighted by Crippen LogP contribution is -2.15. The van der Waals surface area contributed by atoms with Crippen molar-refractivity contribution in [1.82, 2.24) is 0 Å². The van der Waals surface area contributed by atoms with Crippen molar-refractivity contribution in [1.29, 1.82) is 0 Å². The summed E-state index contributed by atoms with van der Waals surface area (Å²) in [6.07, 6.45) is 3.12. The van der Waals surface area contributed by atoms with Gasteiger partial charge in [-0.15, -0.1) is 0 Å². The first kappa shape index (κ1) is 35.1. The van der Waals surface area contributed by atoms with Gasteiger partial charge in [0, 0.05) is 12.8 Å². The quantitative estimate of drug-likeness (QED) is 0.173. The van der Waals surface area contributed by atoms with E-state index in [2.05, 4.69) is 41.5 Å². The van der Waals surface area contributed by atoms with Crippen molar-refractivity contribution in [3.05, 3.63) is 58.7 Å². The fraction of sp³-hybridized carbons (Fsp3) is 0.588. The van der Waals surface area contributed by atoms with Gasteiger partial charge in [-0.1, -0.05) is 65.8 Å². The van der Waals surface area contributed by atoms with E-state index in [1.165, 1.54) is 0 Å². The molecule has 2 aromatic rings. The molecule has 0 amide bonds. The zero-order chi connectivity index (χ0) is 31.2. The third-order valence-electron chi connectivity index (χ3n) is 6.32. The van der Waals surface area contributed by atoms with Crippen LogP contribution >= 0.6 is 0 Å². The van der Waals surface area contributed by atoms with Crippen molar-refractivity contribution in [2.45, 2.75) is 80.1 Å². The standard InChI is InChI=1S/C34H50O8/c1-33(2,3)23-27-21-25(7-11-29(27)35)9-13-31(37)41-19-17-39-15-16-40-18-20-42-32(38)14-10-26-8-12-30(36)28(22-26)24-34(4,5)6/h7-8,11-12,21-22,35-36H,9-10,13-20,23-24H2,1-6H3. The summed E-state index contributed by atoms with van der Waals surface area (Å²) in [6.45, 7) is 14.3. The molecule has 2 N–H and O–H groups in total. The average Bonchev–Trinajstić information content (AvgIpc) is 2.89. The summed E-state index contributed by atoms with van der Waals surface area (Å²) in [5.74, 6) is -0.0216. The Bertz CT molecular complexity index is 1040. The maximum Gasteiger partial charge on any atom is 0.306 e. The van der Waals surface area contributed by atoms with E-state index in [4.69, 9.17) is 18.9 Å². The number of ether oxygens (including phenoxy) is 4. The minimum absolute atomic E-state index is 0.0556. The largest absolute Gasteiger partial charge is 0.508 e. The van der Waals surface area contributed by atoms with Gasteiger partial charge in [-0.05, 0) is 70.9 Å². The smallest absolute Gasteiger partial charge is 0.306 e. The second kappa shape index (κ2) is 17.1. The topological polar surface area (TPSA) is 112 Å². The lowest BCUT2D eigenvalue weighted by atomic mass is 9.87. The summed E-state index contributed by atoms with van der Waals surface area (Å²) in [5.41, 5.74) is 3.87. The Morgan fingerprint density at radius 2 is 0.952 bits per heavy atom. The lowest BCUT2D eigenvalue weighted by molar-refractivity contribution is -0.146. The lowest BCUT2D eigenvalue weighted by Gasteiger charge is -2.19. The Kier molecular flexibility index (Phi) is 14.3. The molecule has 0 heterocycles. The summed E-state index contributed by atoms with van der Waals surface area (Å²) in [7, 11) is 0. The maximum absolute atomic E-state index is 12.1. The van der Waals surface area contributed by atoms with Crippen LogP contribution in [0.1, 0.15) is 76.6 Å². The van der Waals surface area contributed by atoms with Gasteiger partial charge in [0.25, 0.3) is 0 Å². The minimum atomic E-state index is -0.294. The maximum atomic E-state index is 12.1. The van der Waals surface area contributed by atoms with Gasteiger partial charge in [0.1, 0.15) is 24.7 Å².